The highest BCUT2D eigenvalue weighted by molar-refractivity contribution is 5.86. The predicted octanol–water partition coefficient (Wildman–Crippen LogP) is 3.25. The van der Waals surface area contributed by atoms with Gasteiger partial charge in [0, 0.05) is 18.7 Å². The lowest BCUT2D eigenvalue weighted by molar-refractivity contribution is -0.127. The van der Waals surface area contributed by atoms with Gasteiger partial charge in [-0.25, -0.2) is 0 Å². The number of rotatable bonds is 6. The summed E-state index contributed by atoms with van der Waals surface area (Å²) in [6, 6.07) is 6.08. The number of halogens is 1. The third kappa shape index (κ3) is 5.35. The van der Waals surface area contributed by atoms with Crippen LogP contribution in [-0.2, 0) is 16.1 Å². The summed E-state index contributed by atoms with van der Waals surface area (Å²) in [5, 5.41) is 3.02. The van der Waals surface area contributed by atoms with Gasteiger partial charge in [0.2, 0.25) is 5.91 Å². The van der Waals surface area contributed by atoms with E-state index in [1.807, 2.05) is 25.1 Å². The largest absolute Gasteiger partial charge is 0.491 e. The van der Waals surface area contributed by atoms with E-state index in [0.717, 1.165) is 62.0 Å². The number of benzene rings is 1. The van der Waals surface area contributed by atoms with Crippen molar-refractivity contribution in [3.8, 4) is 5.75 Å². The number of hydrogen-bond donors (Lipinski definition) is 2. The molecule has 146 valence electrons. The Balaban J connectivity index is 0.00000243. The summed E-state index contributed by atoms with van der Waals surface area (Å²) >= 11 is 0. The summed E-state index contributed by atoms with van der Waals surface area (Å²) in [7, 11) is 0. The molecular weight excluding hydrogens is 352 g/mol. The van der Waals surface area contributed by atoms with Gasteiger partial charge in [0.1, 0.15) is 12.4 Å². The summed E-state index contributed by atoms with van der Waals surface area (Å²) in [5.74, 6) is 0.781. The van der Waals surface area contributed by atoms with Crippen molar-refractivity contribution in [3.63, 3.8) is 0 Å². The SMILES string of the molecule is Cc1ccc(CNC(=O)C2(N)CCCCC2)c(OCC2CCCO2)c1.Cl. The van der Waals surface area contributed by atoms with Crippen LogP contribution in [0.2, 0.25) is 0 Å². The Bertz CT molecular complexity index is 597. The van der Waals surface area contributed by atoms with Crippen LogP contribution in [0, 0.1) is 6.92 Å². The van der Waals surface area contributed by atoms with Crippen molar-refractivity contribution in [2.24, 2.45) is 5.73 Å². The number of carbonyl (C=O) groups excluding carboxylic acids is 1. The van der Waals surface area contributed by atoms with Gasteiger partial charge < -0.3 is 20.5 Å². The van der Waals surface area contributed by atoms with Crippen LogP contribution in [0.3, 0.4) is 0 Å². The minimum Gasteiger partial charge on any atom is -0.491 e. The van der Waals surface area contributed by atoms with Gasteiger partial charge in [0.15, 0.2) is 0 Å². The number of amides is 1. The van der Waals surface area contributed by atoms with Gasteiger partial charge in [-0.15, -0.1) is 12.4 Å². The molecule has 1 aromatic carbocycles. The molecule has 0 spiro atoms. The lowest BCUT2D eigenvalue weighted by atomic mass is 9.82. The monoisotopic (exact) mass is 382 g/mol. The second-order valence-electron chi connectivity index (χ2n) is 7.46. The van der Waals surface area contributed by atoms with Crippen molar-refractivity contribution in [1.82, 2.24) is 5.32 Å². The van der Waals surface area contributed by atoms with Crippen LogP contribution in [0.1, 0.15) is 56.1 Å². The molecule has 0 aromatic heterocycles. The fourth-order valence-corrected chi connectivity index (χ4v) is 3.66. The van der Waals surface area contributed by atoms with E-state index in [-0.39, 0.29) is 24.4 Å². The van der Waals surface area contributed by atoms with Gasteiger partial charge in [-0.05, 0) is 44.2 Å². The lowest BCUT2D eigenvalue weighted by Gasteiger charge is -2.31. The second kappa shape index (κ2) is 9.58. The van der Waals surface area contributed by atoms with Crippen molar-refractivity contribution < 1.29 is 14.3 Å². The quantitative estimate of drug-likeness (QED) is 0.792. The molecule has 5 nitrogen and oxygen atoms in total. The molecule has 1 aliphatic heterocycles. The molecule has 6 heteroatoms. The van der Waals surface area contributed by atoms with Crippen molar-refractivity contribution >= 4 is 18.3 Å². The summed E-state index contributed by atoms with van der Waals surface area (Å²) in [4.78, 5) is 12.5. The Hall–Kier alpha value is -1.30. The maximum Gasteiger partial charge on any atom is 0.240 e. The fourth-order valence-electron chi connectivity index (χ4n) is 3.66. The van der Waals surface area contributed by atoms with Crippen molar-refractivity contribution in [3.05, 3.63) is 29.3 Å². The van der Waals surface area contributed by atoms with Crippen molar-refractivity contribution in [1.29, 1.82) is 0 Å². The summed E-state index contributed by atoms with van der Waals surface area (Å²) in [6.07, 6.45) is 7.11. The zero-order valence-electron chi connectivity index (χ0n) is 15.6. The molecular formula is C20H31ClN2O3. The summed E-state index contributed by atoms with van der Waals surface area (Å²) in [5.41, 5.74) is 7.73. The molecule has 2 aliphatic rings. The van der Waals surface area contributed by atoms with E-state index in [0.29, 0.717) is 13.2 Å². The standard InChI is InChI=1S/C20H30N2O3.ClH/c1-15-7-8-16(18(12-15)25-14-17-6-5-11-24-17)13-22-19(23)20(21)9-3-2-4-10-20;/h7-8,12,17H,2-6,9-11,13-14,21H2,1H3,(H,22,23);1H. The summed E-state index contributed by atoms with van der Waals surface area (Å²) < 4.78 is 11.6. The number of carbonyl (C=O) groups is 1. The maximum atomic E-state index is 12.5. The Morgan fingerprint density at radius 3 is 2.77 bits per heavy atom. The molecule has 2 fully saturated rings. The minimum atomic E-state index is -0.707. The molecule has 26 heavy (non-hydrogen) atoms. The number of nitrogens with one attached hydrogen (secondary N) is 1. The molecule has 1 unspecified atom stereocenters. The molecule has 1 saturated heterocycles. The minimum absolute atomic E-state index is 0. The first kappa shape index (κ1) is 21.0. The molecule has 1 amide bonds. The first-order chi connectivity index (χ1) is 12.1. The molecule has 1 aromatic rings. The first-order valence-corrected chi connectivity index (χ1v) is 9.48. The van der Waals surface area contributed by atoms with E-state index in [2.05, 4.69) is 5.32 Å². The average molecular weight is 383 g/mol. The van der Waals surface area contributed by atoms with E-state index in [4.69, 9.17) is 15.2 Å². The topological polar surface area (TPSA) is 73.6 Å². The van der Waals surface area contributed by atoms with E-state index >= 15 is 0 Å². The van der Waals surface area contributed by atoms with E-state index in [1.54, 1.807) is 0 Å². The molecule has 3 rings (SSSR count). The first-order valence-electron chi connectivity index (χ1n) is 9.48. The van der Waals surface area contributed by atoms with Gasteiger partial charge in [-0.2, -0.15) is 0 Å². The number of ether oxygens (including phenoxy) is 2. The van der Waals surface area contributed by atoms with Gasteiger partial charge in [-0.3, -0.25) is 4.79 Å². The molecule has 1 atom stereocenters. The van der Waals surface area contributed by atoms with Crippen molar-refractivity contribution in [2.75, 3.05) is 13.2 Å². The molecule has 0 bridgehead atoms. The zero-order valence-corrected chi connectivity index (χ0v) is 16.4. The third-order valence-corrected chi connectivity index (χ3v) is 5.31. The Kier molecular flexibility index (Phi) is 7.74. The van der Waals surface area contributed by atoms with Crippen LogP contribution in [0.4, 0.5) is 0 Å². The van der Waals surface area contributed by atoms with Crippen molar-refractivity contribution in [2.45, 2.75) is 70.1 Å². The van der Waals surface area contributed by atoms with Crippen LogP contribution in [-0.4, -0.2) is 30.8 Å². The third-order valence-electron chi connectivity index (χ3n) is 5.31. The van der Waals surface area contributed by atoms with Crippen LogP contribution in [0.25, 0.3) is 0 Å². The lowest BCUT2D eigenvalue weighted by Crippen LogP contribution is -2.54. The van der Waals surface area contributed by atoms with E-state index in [9.17, 15) is 4.79 Å². The normalized spacial score (nSPS) is 21.7. The molecule has 1 heterocycles. The van der Waals surface area contributed by atoms with E-state index in [1.165, 1.54) is 6.42 Å². The molecule has 1 aliphatic carbocycles. The Morgan fingerprint density at radius 1 is 1.31 bits per heavy atom. The van der Waals surface area contributed by atoms with Crippen LogP contribution < -0.4 is 15.8 Å². The average Bonchev–Trinajstić information content (AvgIpc) is 3.13. The smallest absolute Gasteiger partial charge is 0.240 e. The number of aryl methyl sites for hydroxylation is 1. The number of hydrogen-bond acceptors (Lipinski definition) is 4. The highest BCUT2D eigenvalue weighted by Crippen LogP contribution is 2.27. The van der Waals surface area contributed by atoms with Gasteiger partial charge >= 0.3 is 0 Å². The molecule has 1 saturated carbocycles. The predicted molar refractivity (Wildman–Crippen MR) is 105 cm³/mol. The number of nitrogens with two attached hydrogens (primary N) is 1. The van der Waals surface area contributed by atoms with Gasteiger partial charge in [0.25, 0.3) is 0 Å². The van der Waals surface area contributed by atoms with Gasteiger partial charge in [0.05, 0.1) is 11.6 Å². The molecule has 3 N–H and O–H groups in total. The van der Waals surface area contributed by atoms with Crippen LogP contribution >= 0.6 is 12.4 Å². The summed E-state index contributed by atoms with van der Waals surface area (Å²) in [6.45, 7) is 3.87. The van der Waals surface area contributed by atoms with Gasteiger partial charge in [-0.1, -0.05) is 31.4 Å². The Labute approximate surface area is 162 Å². The maximum absolute atomic E-state index is 12.5. The zero-order chi connectivity index (χ0) is 17.7. The van der Waals surface area contributed by atoms with E-state index < -0.39 is 5.54 Å². The van der Waals surface area contributed by atoms with Crippen LogP contribution in [0.15, 0.2) is 18.2 Å². The fraction of sp³-hybridized carbons (Fsp3) is 0.650. The Morgan fingerprint density at radius 2 is 2.08 bits per heavy atom. The molecule has 0 radical (unpaired) electrons. The highest BCUT2D eigenvalue weighted by atomic mass is 35.5. The van der Waals surface area contributed by atoms with Crippen LogP contribution in [0.5, 0.6) is 5.75 Å². The highest BCUT2D eigenvalue weighted by Gasteiger charge is 2.35. The second-order valence-corrected chi connectivity index (χ2v) is 7.46.